The van der Waals surface area contributed by atoms with E-state index in [0.29, 0.717) is 42.2 Å². The summed E-state index contributed by atoms with van der Waals surface area (Å²) in [6.07, 6.45) is 0.768. The second kappa shape index (κ2) is 6.81. The fourth-order valence-electron chi connectivity index (χ4n) is 2.61. The number of aromatic nitrogens is 1. The van der Waals surface area contributed by atoms with Crippen molar-refractivity contribution in [1.29, 1.82) is 0 Å². The van der Waals surface area contributed by atoms with Crippen molar-refractivity contribution in [2.24, 2.45) is 0 Å². The summed E-state index contributed by atoms with van der Waals surface area (Å²) in [7, 11) is 0. The lowest BCUT2D eigenvalue weighted by molar-refractivity contribution is 0.108. The molecule has 0 amide bonds. The number of nitrogens with one attached hydrogen (secondary N) is 1. The molecule has 2 aromatic rings. The largest absolute Gasteiger partial charge is 0.473 e. The summed E-state index contributed by atoms with van der Waals surface area (Å²) in [5.41, 5.74) is -0.692. The van der Waals surface area contributed by atoms with E-state index < -0.39 is 11.5 Å². The Morgan fingerprint density at radius 2 is 2.00 bits per heavy atom. The van der Waals surface area contributed by atoms with Gasteiger partial charge >= 0.3 is 0 Å². The van der Waals surface area contributed by atoms with Gasteiger partial charge in [-0.25, -0.2) is 13.8 Å². The van der Waals surface area contributed by atoms with Crippen LogP contribution in [0.5, 0.6) is 5.88 Å². The standard InChI is InChI=1S/C17H17ClF2N2O/c18-13-5-4-12(14(19)10-13)11-23-16-3-1-2-15(22-16)17(20)6-8-21-9-7-17/h1-5,10,21H,6-9,11H2. The zero-order valence-electron chi connectivity index (χ0n) is 12.5. The summed E-state index contributed by atoms with van der Waals surface area (Å²) in [6, 6.07) is 9.40. The van der Waals surface area contributed by atoms with Crippen LogP contribution in [-0.4, -0.2) is 18.1 Å². The van der Waals surface area contributed by atoms with Crippen LogP contribution in [0.1, 0.15) is 24.1 Å². The fourth-order valence-corrected chi connectivity index (χ4v) is 2.77. The van der Waals surface area contributed by atoms with Crippen LogP contribution in [0.3, 0.4) is 0 Å². The third-order valence-corrected chi connectivity index (χ3v) is 4.20. The normalized spacial score (nSPS) is 17.0. The van der Waals surface area contributed by atoms with Crippen LogP contribution in [0, 0.1) is 5.82 Å². The summed E-state index contributed by atoms with van der Waals surface area (Å²) in [5.74, 6) is -0.152. The Balaban J connectivity index is 1.72. The zero-order valence-corrected chi connectivity index (χ0v) is 13.2. The first kappa shape index (κ1) is 16.1. The summed E-state index contributed by atoms with van der Waals surface area (Å²) in [5, 5.41) is 3.46. The van der Waals surface area contributed by atoms with E-state index in [2.05, 4.69) is 10.3 Å². The van der Waals surface area contributed by atoms with Gasteiger partial charge in [-0.2, -0.15) is 0 Å². The zero-order chi connectivity index (χ0) is 16.3. The van der Waals surface area contributed by atoms with Crippen LogP contribution >= 0.6 is 11.6 Å². The van der Waals surface area contributed by atoms with Gasteiger partial charge in [0.2, 0.25) is 5.88 Å². The first-order chi connectivity index (χ1) is 11.1. The Hall–Kier alpha value is -1.72. The van der Waals surface area contributed by atoms with Crippen molar-refractivity contribution < 1.29 is 13.5 Å². The van der Waals surface area contributed by atoms with E-state index in [1.54, 1.807) is 30.3 Å². The Kier molecular flexibility index (Phi) is 4.78. The molecule has 122 valence electrons. The van der Waals surface area contributed by atoms with Crippen LogP contribution in [-0.2, 0) is 12.3 Å². The lowest BCUT2D eigenvalue weighted by atomic mass is 9.90. The Morgan fingerprint density at radius 1 is 1.22 bits per heavy atom. The van der Waals surface area contributed by atoms with Gasteiger partial charge in [0.1, 0.15) is 12.4 Å². The number of nitrogens with zero attached hydrogens (tertiary/aromatic N) is 1. The Morgan fingerprint density at radius 3 is 2.74 bits per heavy atom. The molecule has 6 heteroatoms. The molecule has 1 aromatic heterocycles. The van der Waals surface area contributed by atoms with E-state index in [4.69, 9.17) is 16.3 Å². The molecule has 0 bridgehead atoms. The first-order valence-electron chi connectivity index (χ1n) is 7.51. The summed E-state index contributed by atoms with van der Waals surface area (Å²) >= 11 is 5.72. The average Bonchev–Trinajstić information content (AvgIpc) is 2.55. The van der Waals surface area contributed by atoms with Gasteiger partial charge in [0, 0.05) is 16.7 Å². The molecule has 23 heavy (non-hydrogen) atoms. The number of piperidine rings is 1. The van der Waals surface area contributed by atoms with Crippen LogP contribution in [0.4, 0.5) is 8.78 Å². The van der Waals surface area contributed by atoms with Gasteiger partial charge in [-0.1, -0.05) is 23.7 Å². The molecule has 0 radical (unpaired) electrons. The minimum absolute atomic E-state index is 0.0142. The van der Waals surface area contributed by atoms with Gasteiger partial charge in [-0.3, -0.25) is 0 Å². The lowest BCUT2D eigenvalue weighted by Crippen LogP contribution is -2.37. The number of pyridine rings is 1. The van der Waals surface area contributed by atoms with Crippen molar-refractivity contribution in [3.8, 4) is 5.88 Å². The second-order valence-corrected chi connectivity index (χ2v) is 6.04. The third-order valence-electron chi connectivity index (χ3n) is 3.97. The quantitative estimate of drug-likeness (QED) is 0.915. The van der Waals surface area contributed by atoms with Gasteiger partial charge in [0.25, 0.3) is 0 Å². The highest BCUT2D eigenvalue weighted by molar-refractivity contribution is 6.30. The molecule has 1 N–H and O–H groups in total. The third kappa shape index (κ3) is 3.79. The highest BCUT2D eigenvalue weighted by Crippen LogP contribution is 2.34. The SMILES string of the molecule is Fc1cc(Cl)ccc1COc1cccc(C2(F)CCNCC2)n1. The van der Waals surface area contributed by atoms with Gasteiger partial charge in [-0.15, -0.1) is 0 Å². The van der Waals surface area contributed by atoms with Gasteiger partial charge in [0.05, 0.1) is 5.69 Å². The molecule has 0 atom stereocenters. The predicted molar refractivity (Wildman–Crippen MR) is 84.9 cm³/mol. The summed E-state index contributed by atoms with van der Waals surface area (Å²) in [4.78, 5) is 4.26. The highest BCUT2D eigenvalue weighted by Gasteiger charge is 2.35. The summed E-state index contributed by atoms with van der Waals surface area (Å²) < 4.78 is 34.2. The van der Waals surface area contributed by atoms with Crippen molar-refractivity contribution in [1.82, 2.24) is 10.3 Å². The summed E-state index contributed by atoms with van der Waals surface area (Å²) in [6.45, 7) is 1.26. The molecule has 1 aliphatic rings. The molecule has 2 heterocycles. The van der Waals surface area contributed by atoms with E-state index in [1.807, 2.05) is 0 Å². The van der Waals surface area contributed by atoms with E-state index in [9.17, 15) is 8.78 Å². The van der Waals surface area contributed by atoms with Crippen LogP contribution in [0.15, 0.2) is 36.4 Å². The average molecular weight is 339 g/mol. The number of hydrogen-bond acceptors (Lipinski definition) is 3. The van der Waals surface area contributed by atoms with Crippen molar-refractivity contribution in [2.45, 2.75) is 25.1 Å². The Labute approximate surface area is 138 Å². The molecular weight excluding hydrogens is 322 g/mol. The molecule has 1 aliphatic heterocycles. The molecule has 0 unspecified atom stereocenters. The van der Waals surface area contributed by atoms with Crippen LogP contribution in [0.25, 0.3) is 0 Å². The minimum atomic E-state index is -1.43. The van der Waals surface area contributed by atoms with Crippen LogP contribution < -0.4 is 10.1 Å². The second-order valence-electron chi connectivity index (χ2n) is 5.60. The number of hydrogen-bond donors (Lipinski definition) is 1. The molecule has 3 nitrogen and oxygen atoms in total. The first-order valence-corrected chi connectivity index (χ1v) is 7.88. The maximum atomic E-state index is 14.9. The van der Waals surface area contributed by atoms with Crippen molar-refractivity contribution in [3.05, 3.63) is 58.5 Å². The molecule has 0 spiro atoms. The van der Waals surface area contributed by atoms with E-state index in [0.717, 1.165) is 0 Å². The van der Waals surface area contributed by atoms with Crippen LogP contribution in [0.2, 0.25) is 5.02 Å². The number of halogens is 3. The van der Waals surface area contributed by atoms with Crippen molar-refractivity contribution in [3.63, 3.8) is 0 Å². The number of rotatable bonds is 4. The fraction of sp³-hybridized carbons (Fsp3) is 0.353. The topological polar surface area (TPSA) is 34.1 Å². The molecule has 3 rings (SSSR count). The maximum Gasteiger partial charge on any atom is 0.213 e. The molecule has 1 aromatic carbocycles. The number of ether oxygens (including phenoxy) is 1. The van der Waals surface area contributed by atoms with E-state index in [1.165, 1.54) is 6.07 Å². The smallest absolute Gasteiger partial charge is 0.213 e. The minimum Gasteiger partial charge on any atom is -0.473 e. The molecule has 1 fully saturated rings. The number of alkyl halides is 1. The Bertz CT molecular complexity index is 690. The monoisotopic (exact) mass is 338 g/mol. The van der Waals surface area contributed by atoms with Gasteiger partial charge in [-0.05, 0) is 44.1 Å². The molecule has 1 saturated heterocycles. The van der Waals surface area contributed by atoms with E-state index in [-0.39, 0.29) is 12.5 Å². The van der Waals surface area contributed by atoms with Crippen molar-refractivity contribution in [2.75, 3.05) is 13.1 Å². The maximum absolute atomic E-state index is 14.9. The predicted octanol–water partition coefficient (Wildman–Crippen LogP) is 4.00. The highest BCUT2D eigenvalue weighted by atomic mass is 35.5. The molecular formula is C17H17ClF2N2O. The molecule has 0 saturated carbocycles. The van der Waals surface area contributed by atoms with E-state index >= 15 is 0 Å². The van der Waals surface area contributed by atoms with Gasteiger partial charge in [0.15, 0.2) is 5.67 Å². The van der Waals surface area contributed by atoms with Crippen molar-refractivity contribution >= 4 is 11.6 Å². The van der Waals surface area contributed by atoms with Gasteiger partial charge < -0.3 is 10.1 Å². The lowest BCUT2D eigenvalue weighted by Gasteiger charge is -2.29. The molecule has 0 aliphatic carbocycles. The number of benzene rings is 1.